The maximum Gasteiger partial charge on any atom is 0.315 e. The Morgan fingerprint density at radius 2 is 1.87 bits per heavy atom. The number of nitrogens with one attached hydrogen (secondary N) is 2. The predicted octanol–water partition coefficient (Wildman–Crippen LogP) is 1.18. The smallest absolute Gasteiger partial charge is 0.315 e. The van der Waals surface area contributed by atoms with E-state index in [4.69, 9.17) is 0 Å². The fourth-order valence-electron chi connectivity index (χ4n) is 1.59. The van der Waals surface area contributed by atoms with Crippen LogP contribution in [0.5, 0.6) is 0 Å². The van der Waals surface area contributed by atoms with Gasteiger partial charge in [0.15, 0.2) is 0 Å². The molecule has 0 radical (unpaired) electrons. The van der Waals surface area contributed by atoms with Crippen molar-refractivity contribution in [1.82, 2.24) is 15.5 Å². The molecule has 0 atom stereocenters. The van der Waals surface area contributed by atoms with Crippen LogP contribution in [-0.2, 0) is 0 Å². The predicted molar refractivity (Wildman–Crippen MR) is 61.9 cm³/mol. The summed E-state index contributed by atoms with van der Waals surface area (Å²) in [6.45, 7) is 12.2. The van der Waals surface area contributed by atoms with E-state index in [2.05, 4.69) is 29.4 Å². The number of nitrogens with zero attached hydrogens (tertiary/aromatic N) is 1. The second-order valence-corrected chi connectivity index (χ2v) is 5.59. The lowest BCUT2D eigenvalue weighted by Gasteiger charge is -2.42. The molecule has 1 rings (SSSR count). The van der Waals surface area contributed by atoms with Gasteiger partial charge in [-0.3, -0.25) is 4.90 Å². The largest absolute Gasteiger partial charge is 0.334 e. The molecule has 0 saturated carbocycles. The van der Waals surface area contributed by atoms with Gasteiger partial charge >= 0.3 is 6.03 Å². The third-order valence-corrected chi connectivity index (χ3v) is 2.46. The van der Waals surface area contributed by atoms with Gasteiger partial charge in [-0.25, -0.2) is 4.79 Å². The maximum atomic E-state index is 11.5. The van der Waals surface area contributed by atoms with E-state index in [1.54, 1.807) is 0 Å². The van der Waals surface area contributed by atoms with E-state index in [1.807, 2.05) is 20.8 Å². The Bertz CT molecular complexity index is 226. The topological polar surface area (TPSA) is 44.4 Å². The minimum atomic E-state index is -0.161. The number of rotatable bonds is 2. The summed E-state index contributed by atoms with van der Waals surface area (Å²) in [6, 6.07) is 0.833. The van der Waals surface area contributed by atoms with E-state index in [0.717, 1.165) is 13.1 Å². The maximum absolute atomic E-state index is 11.5. The minimum absolute atomic E-state index is 0.0593. The molecule has 2 N–H and O–H groups in total. The molecule has 1 saturated heterocycles. The van der Waals surface area contributed by atoms with Crippen LogP contribution in [0.4, 0.5) is 4.79 Å². The highest BCUT2D eigenvalue weighted by molar-refractivity contribution is 5.75. The molecule has 88 valence electrons. The fourth-order valence-corrected chi connectivity index (χ4v) is 1.59. The van der Waals surface area contributed by atoms with E-state index in [0.29, 0.717) is 12.1 Å². The molecule has 15 heavy (non-hydrogen) atoms. The third kappa shape index (κ3) is 4.08. The Morgan fingerprint density at radius 1 is 1.33 bits per heavy atom. The van der Waals surface area contributed by atoms with Crippen molar-refractivity contribution in [2.45, 2.75) is 52.2 Å². The van der Waals surface area contributed by atoms with E-state index >= 15 is 0 Å². The van der Waals surface area contributed by atoms with Crippen molar-refractivity contribution in [3.8, 4) is 0 Å². The number of hydrogen-bond acceptors (Lipinski definition) is 2. The number of carbonyl (C=O) groups is 1. The summed E-state index contributed by atoms with van der Waals surface area (Å²) in [5.41, 5.74) is -0.161. The van der Waals surface area contributed by atoms with Gasteiger partial charge in [0, 0.05) is 24.7 Å². The highest BCUT2D eigenvalue weighted by atomic mass is 16.2. The second kappa shape index (κ2) is 4.39. The van der Waals surface area contributed by atoms with Crippen LogP contribution < -0.4 is 10.6 Å². The van der Waals surface area contributed by atoms with Gasteiger partial charge in [0.1, 0.15) is 0 Å². The van der Waals surface area contributed by atoms with Gasteiger partial charge in [-0.15, -0.1) is 0 Å². The van der Waals surface area contributed by atoms with Crippen LogP contribution in [0.1, 0.15) is 34.6 Å². The summed E-state index contributed by atoms with van der Waals surface area (Å²) >= 11 is 0. The molecule has 0 bridgehead atoms. The first kappa shape index (κ1) is 12.3. The molecule has 0 aromatic rings. The van der Waals surface area contributed by atoms with Gasteiger partial charge in [-0.2, -0.15) is 0 Å². The SMILES string of the molecule is CC(C)N1CC(NC(=O)NC(C)(C)C)C1. The van der Waals surface area contributed by atoms with Gasteiger partial charge in [0.2, 0.25) is 0 Å². The summed E-state index contributed by atoms with van der Waals surface area (Å²) in [5.74, 6) is 0. The molecule has 1 aliphatic heterocycles. The lowest BCUT2D eigenvalue weighted by molar-refractivity contribution is 0.0953. The molecular formula is C11H23N3O. The monoisotopic (exact) mass is 213 g/mol. The van der Waals surface area contributed by atoms with Crippen LogP contribution in [0.2, 0.25) is 0 Å². The summed E-state index contributed by atoms with van der Waals surface area (Å²) in [6.07, 6.45) is 0. The third-order valence-electron chi connectivity index (χ3n) is 2.46. The van der Waals surface area contributed by atoms with E-state index < -0.39 is 0 Å². The van der Waals surface area contributed by atoms with Crippen molar-refractivity contribution >= 4 is 6.03 Å². The molecule has 4 nitrogen and oxygen atoms in total. The highest BCUT2D eigenvalue weighted by Crippen LogP contribution is 2.11. The normalized spacial score (nSPS) is 18.8. The summed E-state index contributed by atoms with van der Waals surface area (Å²) in [5, 5.41) is 5.86. The van der Waals surface area contributed by atoms with Crippen molar-refractivity contribution in [2.24, 2.45) is 0 Å². The minimum Gasteiger partial charge on any atom is -0.334 e. The zero-order valence-corrected chi connectivity index (χ0v) is 10.4. The van der Waals surface area contributed by atoms with Crippen LogP contribution in [-0.4, -0.2) is 41.6 Å². The second-order valence-electron chi connectivity index (χ2n) is 5.59. The first-order chi connectivity index (χ1) is 6.78. The van der Waals surface area contributed by atoms with E-state index in [-0.39, 0.29) is 11.6 Å². The van der Waals surface area contributed by atoms with Crippen LogP contribution in [0.25, 0.3) is 0 Å². The highest BCUT2D eigenvalue weighted by Gasteiger charge is 2.29. The Balaban J connectivity index is 2.19. The van der Waals surface area contributed by atoms with Crippen LogP contribution in [0.3, 0.4) is 0 Å². The Morgan fingerprint density at radius 3 is 2.27 bits per heavy atom. The standard InChI is InChI=1S/C11H23N3O/c1-8(2)14-6-9(7-14)12-10(15)13-11(3,4)5/h8-9H,6-7H2,1-5H3,(H2,12,13,15). The molecule has 2 amide bonds. The van der Waals surface area contributed by atoms with E-state index in [9.17, 15) is 4.79 Å². The number of urea groups is 1. The summed E-state index contributed by atoms with van der Waals surface area (Å²) in [7, 11) is 0. The number of carbonyl (C=O) groups excluding carboxylic acids is 1. The zero-order chi connectivity index (χ0) is 11.6. The zero-order valence-electron chi connectivity index (χ0n) is 10.4. The first-order valence-corrected chi connectivity index (χ1v) is 5.60. The quantitative estimate of drug-likeness (QED) is 0.723. The van der Waals surface area contributed by atoms with Gasteiger partial charge in [-0.05, 0) is 34.6 Å². The number of hydrogen-bond donors (Lipinski definition) is 2. The van der Waals surface area contributed by atoms with Crippen molar-refractivity contribution in [2.75, 3.05) is 13.1 Å². The van der Waals surface area contributed by atoms with Gasteiger partial charge in [-0.1, -0.05) is 0 Å². The molecule has 4 heteroatoms. The Labute approximate surface area is 92.4 Å². The molecule has 1 heterocycles. The molecule has 0 aromatic carbocycles. The number of amides is 2. The van der Waals surface area contributed by atoms with Crippen LogP contribution in [0, 0.1) is 0 Å². The van der Waals surface area contributed by atoms with Crippen LogP contribution >= 0.6 is 0 Å². The molecule has 0 aliphatic carbocycles. The van der Waals surface area contributed by atoms with Crippen molar-refractivity contribution in [3.63, 3.8) is 0 Å². The summed E-state index contributed by atoms with van der Waals surface area (Å²) in [4.78, 5) is 13.8. The van der Waals surface area contributed by atoms with Crippen LogP contribution in [0.15, 0.2) is 0 Å². The van der Waals surface area contributed by atoms with Gasteiger partial charge < -0.3 is 10.6 Å². The first-order valence-electron chi connectivity index (χ1n) is 5.60. The molecule has 1 aliphatic rings. The van der Waals surface area contributed by atoms with Crippen molar-refractivity contribution in [1.29, 1.82) is 0 Å². The Hall–Kier alpha value is -0.770. The molecular weight excluding hydrogens is 190 g/mol. The van der Waals surface area contributed by atoms with Gasteiger partial charge in [0.05, 0.1) is 6.04 Å². The van der Waals surface area contributed by atoms with Crippen molar-refractivity contribution in [3.05, 3.63) is 0 Å². The van der Waals surface area contributed by atoms with Crippen molar-refractivity contribution < 1.29 is 4.79 Å². The Kier molecular flexibility index (Phi) is 3.60. The lowest BCUT2D eigenvalue weighted by atomic mass is 10.1. The van der Waals surface area contributed by atoms with Gasteiger partial charge in [0.25, 0.3) is 0 Å². The average Bonchev–Trinajstić information content (AvgIpc) is 1.91. The lowest BCUT2D eigenvalue weighted by Crippen LogP contribution is -2.63. The molecule has 0 unspecified atom stereocenters. The average molecular weight is 213 g/mol. The summed E-state index contributed by atoms with van der Waals surface area (Å²) < 4.78 is 0. The van der Waals surface area contributed by atoms with E-state index in [1.165, 1.54) is 0 Å². The number of likely N-dealkylation sites (tertiary alicyclic amines) is 1. The fraction of sp³-hybridized carbons (Fsp3) is 0.909. The molecule has 0 spiro atoms. The molecule has 0 aromatic heterocycles. The molecule has 1 fully saturated rings.